The molecule has 0 spiro atoms. The second-order valence-electron chi connectivity index (χ2n) is 3.51. The third-order valence-corrected chi connectivity index (χ3v) is 2.47. The van der Waals surface area contributed by atoms with E-state index in [2.05, 4.69) is 0 Å². The maximum absolute atomic E-state index is 11.3. The third-order valence-electron chi connectivity index (χ3n) is 2.47. The highest BCUT2D eigenvalue weighted by Gasteiger charge is 2.18. The average Bonchev–Trinajstić information content (AvgIpc) is 2.57. The Labute approximate surface area is 87.0 Å². The number of aryl methyl sites for hydroxylation is 1. The number of carboxylic acids is 1. The van der Waals surface area contributed by atoms with E-state index in [0.717, 1.165) is 29.2 Å². The topological polar surface area (TPSA) is 54.4 Å². The molecule has 1 aromatic rings. The molecule has 3 heteroatoms. The number of Topliss-reactive ketones (excluding diaryl/α,β-unsaturated/α-hetero) is 1. The van der Waals surface area contributed by atoms with Crippen molar-refractivity contribution in [2.75, 3.05) is 0 Å². The Bertz CT molecular complexity index is 458. The van der Waals surface area contributed by atoms with Gasteiger partial charge in [-0.15, -0.1) is 0 Å². The molecule has 1 N–H and O–H groups in total. The molecule has 2 rings (SSSR count). The third kappa shape index (κ3) is 1.96. The van der Waals surface area contributed by atoms with Crippen molar-refractivity contribution in [2.24, 2.45) is 0 Å². The molecule has 1 aliphatic rings. The van der Waals surface area contributed by atoms with Gasteiger partial charge >= 0.3 is 5.97 Å². The zero-order chi connectivity index (χ0) is 10.8. The van der Waals surface area contributed by atoms with Crippen LogP contribution in [0.3, 0.4) is 0 Å². The van der Waals surface area contributed by atoms with E-state index in [9.17, 15) is 9.59 Å². The number of fused-ring (bicyclic) bond motifs is 1. The number of rotatable bonds is 2. The van der Waals surface area contributed by atoms with Crippen LogP contribution in [0.2, 0.25) is 0 Å². The van der Waals surface area contributed by atoms with Crippen molar-refractivity contribution in [3.05, 3.63) is 41.0 Å². The molecule has 76 valence electrons. The molecular formula is C12H10O3. The van der Waals surface area contributed by atoms with Gasteiger partial charge in [0, 0.05) is 18.1 Å². The Kier molecular flexibility index (Phi) is 2.37. The molecule has 0 amide bonds. The van der Waals surface area contributed by atoms with Crippen molar-refractivity contribution >= 4 is 17.8 Å². The second kappa shape index (κ2) is 3.69. The Balaban J connectivity index is 2.31. The first-order chi connectivity index (χ1) is 7.16. The second-order valence-corrected chi connectivity index (χ2v) is 3.51. The molecule has 0 heterocycles. The molecule has 0 unspecified atom stereocenters. The highest BCUT2D eigenvalue weighted by Crippen LogP contribution is 2.23. The summed E-state index contributed by atoms with van der Waals surface area (Å²) in [5, 5.41) is 8.47. The Morgan fingerprint density at radius 1 is 1.33 bits per heavy atom. The van der Waals surface area contributed by atoms with Crippen molar-refractivity contribution in [1.29, 1.82) is 0 Å². The number of benzene rings is 1. The molecule has 0 saturated heterocycles. The molecule has 0 bridgehead atoms. The van der Waals surface area contributed by atoms with Gasteiger partial charge in [0.05, 0.1) is 0 Å². The summed E-state index contributed by atoms with van der Waals surface area (Å²) in [7, 11) is 0. The van der Waals surface area contributed by atoms with Crippen molar-refractivity contribution in [3.8, 4) is 0 Å². The van der Waals surface area contributed by atoms with Gasteiger partial charge < -0.3 is 5.11 Å². The van der Waals surface area contributed by atoms with Crippen molar-refractivity contribution in [1.82, 2.24) is 0 Å². The zero-order valence-electron chi connectivity index (χ0n) is 8.06. The normalized spacial score (nSPS) is 14.5. The van der Waals surface area contributed by atoms with Gasteiger partial charge in [0.15, 0.2) is 5.78 Å². The number of carbonyl (C=O) groups is 2. The fraction of sp³-hybridized carbons (Fsp3) is 0.167. The first kappa shape index (κ1) is 9.65. The van der Waals surface area contributed by atoms with Crippen LogP contribution < -0.4 is 0 Å². The van der Waals surface area contributed by atoms with Crippen LogP contribution >= 0.6 is 0 Å². The molecule has 3 nitrogen and oxygen atoms in total. The average molecular weight is 202 g/mol. The van der Waals surface area contributed by atoms with Gasteiger partial charge in [0.2, 0.25) is 0 Å². The van der Waals surface area contributed by atoms with Crippen LogP contribution in [0.15, 0.2) is 24.3 Å². The first-order valence-electron chi connectivity index (χ1n) is 4.74. The molecule has 0 atom stereocenters. The van der Waals surface area contributed by atoms with E-state index in [1.54, 1.807) is 12.1 Å². The minimum atomic E-state index is -0.966. The molecule has 0 aliphatic heterocycles. The molecule has 0 radical (unpaired) electrons. The van der Waals surface area contributed by atoms with Crippen LogP contribution in [-0.4, -0.2) is 16.9 Å². The number of carbonyl (C=O) groups excluding carboxylic acids is 1. The standard InChI is InChI=1S/C12H10O3/c13-11-5-3-9-7-8(1-4-10(9)11)2-6-12(14)15/h1-2,4,6-7H,3,5H2,(H,14,15). The van der Waals surface area contributed by atoms with Crippen LogP contribution in [0.5, 0.6) is 0 Å². The van der Waals surface area contributed by atoms with E-state index in [1.807, 2.05) is 6.07 Å². The summed E-state index contributed by atoms with van der Waals surface area (Å²) < 4.78 is 0. The summed E-state index contributed by atoms with van der Waals surface area (Å²) >= 11 is 0. The van der Waals surface area contributed by atoms with E-state index >= 15 is 0 Å². The van der Waals surface area contributed by atoms with Crippen LogP contribution in [0.1, 0.15) is 27.9 Å². The van der Waals surface area contributed by atoms with Crippen LogP contribution in [0.25, 0.3) is 6.08 Å². The number of ketones is 1. The lowest BCUT2D eigenvalue weighted by atomic mass is 10.1. The minimum absolute atomic E-state index is 0.179. The fourth-order valence-corrected chi connectivity index (χ4v) is 1.75. The summed E-state index contributed by atoms with van der Waals surface area (Å²) in [6, 6.07) is 5.41. The van der Waals surface area contributed by atoms with E-state index in [-0.39, 0.29) is 5.78 Å². The van der Waals surface area contributed by atoms with E-state index in [0.29, 0.717) is 6.42 Å². The van der Waals surface area contributed by atoms with Gasteiger partial charge in [-0.1, -0.05) is 18.2 Å². The number of hydrogen-bond donors (Lipinski definition) is 1. The SMILES string of the molecule is O=C(O)C=Cc1ccc2c(c1)CCC2=O. The maximum Gasteiger partial charge on any atom is 0.328 e. The van der Waals surface area contributed by atoms with Crippen LogP contribution in [-0.2, 0) is 11.2 Å². The highest BCUT2D eigenvalue weighted by molar-refractivity contribution is 6.00. The number of aliphatic carboxylic acids is 1. The molecule has 0 aromatic heterocycles. The quantitative estimate of drug-likeness (QED) is 0.745. The van der Waals surface area contributed by atoms with Crippen molar-refractivity contribution in [2.45, 2.75) is 12.8 Å². The highest BCUT2D eigenvalue weighted by atomic mass is 16.4. The summed E-state index contributed by atoms with van der Waals surface area (Å²) in [4.78, 5) is 21.6. The van der Waals surface area contributed by atoms with Gasteiger partial charge in [-0.2, -0.15) is 0 Å². The first-order valence-corrected chi connectivity index (χ1v) is 4.74. The van der Waals surface area contributed by atoms with Gasteiger partial charge in [-0.05, 0) is 23.6 Å². The molecule has 0 fully saturated rings. The summed E-state index contributed by atoms with van der Waals surface area (Å²) in [6.45, 7) is 0. The van der Waals surface area contributed by atoms with E-state index in [1.165, 1.54) is 6.08 Å². The molecular weight excluding hydrogens is 192 g/mol. The van der Waals surface area contributed by atoms with Crippen LogP contribution in [0, 0.1) is 0 Å². The maximum atomic E-state index is 11.3. The van der Waals surface area contributed by atoms with Gasteiger partial charge in [0.25, 0.3) is 0 Å². The lowest BCUT2D eigenvalue weighted by Crippen LogP contribution is -1.91. The summed E-state index contributed by atoms with van der Waals surface area (Å²) in [5.41, 5.74) is 2.63. The summed E-state index contributed by atoms with van der Waals surface area (Å²) in [5.74, 6) is -0.787. The minimum Gasteiger partial charge on any atom is -0.478 e. The molecule has 0 saturated carbocycles. The van der Waals surface area contributed by atoms with Crippen LogP contribution in [0.4, 0.5) is 0 Å². The predicted molar refractivity (Wildman–Crippen MR) is 55.8 cm³/mol. The van der Waals surface area contributed by atoms with Gasteiger partial charge in [0.1, 0.15) is 0 Å². The van der Waals surface area contributed by atoms with E-state index in [4.69, 9.17) is 5.11 Å². The Morgan fingerprint density at radius 3 is 2.87 bits per heavy atom. The number of carboxylic acid groups (broad SMARTS) is 1. The number of hydrogen-bond acceptors (Lipinski definition) is 2. The van der Waals surface area contributed by atoms with Crippen molar-refractivity contribution < 1.29 is 14.7 Å². The smallest absolute Gasteiger partial charge is 0.328 e. The Morgan fingerprint density at radius 2 is 2.13 bits per heavy atom. The fourth-order valence-electron chi connectivity index (χ4n) is 1.75. The molecule has 15 heavy (non-hydrogen) atoms. The Hall–Kier alpha value is -1.90. The molecule has 1 aromatic carbocycles. The predicted octanol–water partition coefficient (Wildman–Crippen LogP) is 1.91. The summed E-state index contributed by atoms with van der Waals surface area (Å²) in [6.07, 6.45) is 3.97. The molecule has 1 aliphatic carbocycles. The van der Waals surface area contributed by atoms with Gasteiger partial charge in [-0.25, -0.2) is 4.79 Å². The monoisotopic (exact) mass is 202 g/mol. The lowest BCUT2D eigenvalue weighted by Gasteiger charge is -1.98. The van der Waals surface area contributed by atoms with Crippen molar-refractivity contribution in [3.63, 3.8) is 0 Å². The van der Waals surface area contributed by atoms with E-state index < -0.39 is 5.97 Å². The van der Waals surface area contributed by atoms with Gasteiger partial charge in [-0.3, -0.25) is 4.79 Å². The largest absolute Gasteiger partial charge is 0.478 e. The zero-order valence-corrected chi connectivity index (χ0v) is 8.06. The lowest BCUT2D eigenvalue weighted by molar-refractivity contribution is -0.131.